The molecule has 40 heavy (non-hydrogen) atoms. The van der Waals surface area contributed by atoms with Crippen LogP contribution in [0.3, 0.4) is 0 Å². The average Bonchev–Trinajstić information content (AvgIpc) is 3.68. The number of benzene rings is 4. The van der Waals surface area contributed by atoms with E-state index in [1.54, 1.807) is 23.3 Å². The van der Waals surface area contributed by atoms with Crippen molar-refractivity contribution in [2.45, 2.75) is 12.8 Å². The summed E-state index contributed by atoms with van der Waals surface area (Å²) in [7, 11) is 0. The normalized spacial score (nSPS) is 12.3. The van der Waals surface area contributed by atoms with Crippen LogP contribution in [0.1, 0.15) is 35.1 Å². The van der Waals surface area contributed by atoms with Crippen molar-refractivity contribution in [2.75, 3.05) is 0 Å². The summed E-state index contributed by atoms with van der Waals surface area (Å²) in [6, 6.07) is 41.9. The van der Waals surface area contributed by atoms with Crippen molar-refractivity contribution >= 4 is 54.0 Å². The standard InChI is InChI=1S/2C17H13.2CH3.2ClH.H2Si.Zr/c2*1-3-7-14(8-4-1)16-11-12-17(13-16)15-9-5-2-6-10-15;;;;;;/h2*1-10,13H,11H2;2*1H3;2*1H;1H2;/q4*-1;;;;. The third-order valence-electron chi connectivity index (χ3n) is 6.03. The second-order valence-electron chi connectivity index (χ2n) is 8.34. The minimum absolute atomic E-state index is 0. The Morgan fingerprint density at radius 2 is 0.675 bits per heavy atom. The van der Waals surface area contributed by atoms with Crippen LogP contribution in [0.15, 0.2) is 133 Å². The Labute approximate surface area is 271 Å². The second kappa shape index (κ2) is 20.4. The summed E-state index contributed by atoms with van der Waals surface area (Å²) in [6.45, 7) is 1.95. The van der Waals surface area contributed by atoms with E-state index in [1.807, 2.05) is 31.1 Å². The molecule has 0 atom stereocenters. The van der Waals surface area contributed by atoms with E-state index in [0.29, 0.717) is 0 Å². The Balaban J connectivity index is 0.000000655. The van der Waals surface area contributed by atoms with Gasteiger partial charge in [0.1, 0.15) is 0 Å². The van der Waals surface area contributed by atoms with E-state index < -0.39 is 0 Å². The SMILES string of the molecule is Cl.Cl.[C-]1=C(c2ccccc2)C=C(c2ccccc2)C1.[C-]1=C(c2ccccc2)C=C(c2ccccc2)C1.[CH3-].[CH3-].[SiH2]=[Zr]. The average molecular weight is 659 g/mol. The molecule has 6 rings (SSSR count). The van der Waals surface area contributed by atoms with E-state index >= 15 is 0 Å². The molecule has 2 aliphatic carbocycles. The van der Waals surface area contributed by atoms with Crippen molar-refractivity contribution in [2.24, 2.45) is 0 Å². The van der Waals surface area contributed by atoms with Crippen LogP contribution in [0.2, 0.25) is 0 Å². The summed E-state index contributed by atoms with van der Waals surface area (Å²) in [4.78, 5) is 0. The van der Waals surface area contributed by atoms with Gasteiger partial charge in [-0.2, -0.15) is 35.5 Å². The third-order valence-corrected chi connectivity index (χ3v) is 6.03. The van der Waals surface area contributed by atoms with Crippen LogP contribution in [0, 0.1) is 27.0 Å². The molecule has 0 saturated heterocycles. The van der Waals surface area contributed by atoms with Crippen LogP contribution in [-0.2, 0) is 23.3 Å². The van der Waals surface area contributed by atoms with Gasteiger partial charge in [0.2, 0.25) is 0 Å². The number of hydrogen-bond acceptors (Lipinski definition) is 0. The number of allylic oxidation sites excluding steroid dienone is 8. The Hall–Kier alpha value is -2.48. The van der Waals surface area contributed by atoms with Gasteiger partial charge in [-0.05, 0) is 11.1 Å². The zero-order valence-corrected chi connectivity index (χ0v) is 28.6. The zero-order valence-electron chi connectivity index (χ0n) is 23.1. The zero-order chi connectivity index (χ0) is 25.0. The van der Waals surface area contributed by atoms with Gasteiger partial charge >= 0.3 is 30.2 Å². The molecular weight excluding hydrogens is 623 g/mol. The predicted octanol–water partition coefficient (Wildman–Crippen LogP) is 9.55. The predicted molar refractivity (Wildman–Crippen MR) is 180 cm³/mol. The van der Waals surface area contributed by atoms with Crippen LogP contribution in [-0.4, -0.2) is 6.88 Å². The van der Waals surface area contributed by atoms with Gasteiger partial charge in [0.05, 0.1) is 0 Å². The van der Waals surface area contributed by atoms with Crippen molar-refractivity contribution in [3.63, 3.8) is 0 Å². The van der Waals surface area contributed by atoms with Crippen LogP contribution in [0.5, 0.6) is 0 Å². The molecule has 0 spiro atoms. The summed E-state index contributed by atoms with van der Waals surface area (Å²) in [5.41, 5.74) is 10.2. The van der Waals surface area contributed by atoms with Gasteiger partial charge in [-0.3, -0.25) is 0 Å². The molecule has 0 aromatic heterocycles. The van der Waals surface area contributed by atoms with E-state index in [1.165, 1.54) is 44.5 Å². The Kier molecular flexibility index (Phi) is 19.1. The maximum atomic E-state index is 3.45. The van der Waals surface area contributed by atoms with Crippen molar-refractivity contribution in [1.29, 1.82) is 0 Å². The monoisotopic (exact) mass is 656 g/mol. The molecule has 0 heterocycles. The van der Waals surface area contributed by atoms with Gasteiger partial charge in [0.25, 0.3) is 0 Å². The van der Waals surface area contributed by atoms with E-state index in [-0.39, 0.29) is 39.7 Å². The molecule has 0 radical (unpaired) electrons. The van der Waals surface area contributed by atoms with Gasteiger partial charge in [-0.1, -0.05) is 110 Å². The molecule has 0 nitrogen and oxygen atoms in total. The van der Waals surface area contributed by atoms with E-state index in [0.717, 1.165) is 12.8 Å². The Morgan fingerprint density at radius 3 is 0.950 bits per heavy atom. The topological polar surface area (TPSA) is 0 Å². The molecule has 0 saturated carbocycles. The van der Waals surface area contributed by atoms with Gasteiger partial charge in [0, 0.05) is 0 Å². The quantitative estimate of drug-likeness (QED) is 0.151. The fraction of sp³-hybridized carbons (Fsp3) is 0.0556. The van der Waals surface area contributed by atoms with Gasteiger partial charge in [-0.25, -0.2) is 0 Å². The first-order valence-electron chi connectivity index (χ1n) is 12.1. The van der Waals surface area contributed by atoms with Crippen molar-refractivity contribution in [1.82, 2.24) is 0 Å². The fourth-order valence-electron chi connectivity index (χ4n) is 4.21. The molecular formula is C36H36Cl2SiZr-4. The van der Waals surface area contributed by atoms with E-state index in [4.69, 9.17) is 0 Å². The summed E-state index contributed by atoms with van der Waals surface area (Å²) in [5.74, 6) is 0. The second-order valence-corrected chi connectivity index (χ2v) is 8.34. The van der Waals surface area contributed by atoms with Gasteiger partial charge < -0.3 is 14.9 Å². The molecule has 0 aliphatic heterocycles. The summed E-state index contributed by atoms with van der Waals surface area (Å²) >= 11 is 1.58. The van der Waals surface area contributed by atoms with Crippen LogP contribution >= 0.6 is 24.8 Å². The molecule has 0 amide bonds. The molecule has 4 aromatic rings. The van der Waals surface area contributed by atoms with E-state index in [2.05, 4.69) is 121 Å². The molecule has 0 bridgehead atoms. The molecule has 0 fully saturated rings. The summed E-state index contributed by atoms with van der Waals surface area (Å²) < 4.78 is 0. The molecule has 0 unspecified atom stereocenters. The van der Waals surface area contributed by atoms with Crippen LogP contribution in [0.25, 0.3) is 22.3 Å². The Bertz CT molecular complexity index is 1270. The number of halogens is 2. The van der Waals surface area contributed by atoms with Gasteiger partial charge in [-0.15, -0.1) is 71.4 Å². The molecule has 2 aliphatic rings. The molecule has 206 valence electrons. The van der Waals surface area contributed by atoms with Crippen molar-refractivity contribution < 1.29 is 23.3 Å². The molecule has 4 heteroatoms. The first-order chi connectivity index (χ1) is 17.9. The minimum atomic E-state index is 0. The summed E-state index contributed by atoms with van der Waals surface area (Å²) in [6.07, 6.45) is 13.2. The maximum absolute atomic E-state index is 3.45. The third kappa shape index (κ3) is 10.5. The number of hydrogen-bond donors (Lipinski definition) is 0. The van der Waals surface area contributed by atoms with Gasteiger partial charge in [0.15, 0.2) is 0 Å². The van der Waals surface area contributed by atoms with Crippen LogP contribution < -0.4 is 0 Å². The van der Waals surface area contributed by atoms with Crippen molar-refractivity contribution in [3.05, 3.63) is 183 Å². The molecule has 0 N–H and O–H groups in total. The summed E-state index contributed by atoms with van der Waals surface area (Å²) in [5, 5.41) is 0. The fourth-order valence-corrected chi connectivity index (χ4v) is 4.21. The van der Waals surface area contributed by atoms with Crippen LogP contribution in [0.4, 0.5) is 0 Å². The first-order valence-corrected chi connectivity index (χ1v) is 18.0. The molecule has 4 aromatic carbocycles. The van der Waals surface area contributed by atoms with E-state index in [9.17, 15) is 0 Å². The first kappa shape index (κ1) is 37.5. The number of rotatable bonds is 4. The Morgan fingerprint density at radius 1 is 0.425 bits per heavy atom. The van der Waals surface area contributed by atoms with Crippen molar-refractivity contribution in [3.8, 4) is 0 Å².